The van der Waals surface area contributed by atoms with Gasteiger partial charge in [-0.05, 0) is 75.4 Å². The van der Waals surface area contributed by atoms with E-state index in [1.54, 1.807) is 51.1 Å². The van der Waals surface area contributed by atoms with Crippen molar-refractivity contribution in [2.24, 2.45) is 0 Å². The Morgan fingerprint density at radius 1 is 0.872 bits per heavy atom. The Hall–Kier alpha value is -4.81. The van der Waals surface area contributed by atoms with Crippen molar-refractivity contribution in [1.82, 2.24) is 9.97 Å². The Kier molecular flexibility index (Phi) is 7.34. The third-order valence-electron chi connectivity index (χ3n) is 4.96. The minimum Gasteiger partial charge on any atom is -0.457 e. The average Bonchev–Trinajstić information content (AvgIpc) is 3.21. The van der Waals surface area contributed by atoms with Crippen LogP contribution < -0.4 is 20.7 Å². The summed E-state index contributed by atoms with van der Waals surface area (Å²) in [5.41, 5.74) is -0.905. The molecule has 4 aromatic rings. The van der Waals surface area contributed by atoms with Crippen molar-refractivity contribution >= 4 is 40.5 Å². The maximum atomic E-state index is 13.9. The van der Waals surface area contributed by atoms with Gasteiger partial charge in [-0.15, -0.1) is 0 Å². The minimum atomic E-state index is -4.68. The number of halogens is 4. The molecule has 0 aliphatic rings. The second-order valence-corrected chi connectivity index (χ2v) is 9.29. The molecule has 4 rings (SSSR count). The molecule has 1 aromatic heterocycles. The van der Waals surface area contributed by atoms with E-state index < -0.39 is 41.0 Å². The Labute approximate surface area is 219 Å². The van der Waals surface area contributed by atoms with Crippen molar-refractivity contribution < 1.29 is 36.6 Å². The molecule has 4 N–H and O–H groups in total. The number of hydrogen-bond acceptors (Lipinski definition) is 5. The number of rotatable bonds is 5. The molecular formula is C26H23F4N5O4. The van der Waals surface area contributed by atoms with Crippen molar-refractivity contribution in [3.63, 3.8) is 0 Å². The maximum Gasteiger partial charge on any atom is 0.416 e. The number of alkyl halides is 3. The zero-order valence-corrected chi connectivity index (χ0v) is 20.9. The first kappa shape index (κ1) is 27.2. The first-order valence-electron chi connectivity index (χ1n) is 11.5. The standard InChI is InChI=1S/C26H23F4N5O4/c1-25(2,3)39-24(37)35-22-32-19-11-9-17(13-21(19)33-22)38-16-7-5-15(6-8-16)31-23(36)34-20-12-14(26(28,29)30)4-10-18(20)27/h4-13H,1-3H3,(H2,31,34,36)(H2,32,33,35,37). The van der Waals surface area contributed by atoms with E-state index in [0.29, 0.717) is 40.7 Å². The summed E-state index contributed by atoms with van der Waals surface area (Å²) in [7, 11) is 0. The molecule has 3 amide bonds. The zero-order valence-electron chi connectivity index (χ0n) is 20.9. The average molecular weight is 545 g/mol. The van der Waals surface area contributed by atoms with E-state index in [4.69, 9.17) is 9.47 Å². The highest BCUT2D eigenvalue weighted by atomic mass is 19.4. The van der Waals surface area contributed by atoms with Gasteiger partial charge in [0.05, 0.1) is 22.3 Å². The number of carbonyl (C=O) groups excluding carboxylic acids is 2. The number of H-pyrrole nitrogens is 1. The second kappa shape index (κ2) is 10.5. The summed E-state index contributed by atoms with van der Waals surface area (Å²) in [6.07, 6.45) is -5.34. The largest absolute Gasteiger partial charge is 0.457 e. The highest BCUT2D eigenvalue weighted by molar-refractivity contribution is 5.99. The van der Waals surface area contributed by atoms with Crippen LogP contribution in [0.2, 0.25) is 0 Å². The van der Waals surface area contributed by atoms with E-state index in [1.165, 1.54) is 12.1 Å². The highest BCUT2D eigenvalue weighted by Gasteiger charge is 2.31. The number of amides is 3. The van der Waals surface area contributed by atoms with Gasteiger partial charge in [0.2, 0.25) is 5.95 Å². The summed E-state index contributed by atoms with van der Waals surface area (Å²) < 4.78 is 63.5. The number of hydrogen-bond donors (Lipinski definition) is 4. The Balaban J connectivity index is 1.37. The molecule has 204 valence electrons. The van der Waals surface area contributed by atoms with E-state index in [1.807, 2.05) is 0 Å². The molecule has 0 aliphatic heterocycles. The van der Waals surface area contributed by atoms with Gasteiger partial charge in [-0.1, -0.05) is 0 Å². The number of fused-ring (bicyclic) bond motifs is 1. The fraction of sp³-hybridized carbons (Fsp3) is 0.192. The molecule has 1 heterocycles. The van der Waals surface area contributed by atoms with Crippen LogP contribution in [0.5, 0.6) is 11.5 Å². The minimum absolute atomic E-state index is 0.204. The fourth-order valence-electron chi connectivity index (χ4n) is 3.34. The smallest absolute Gasteiger partial charge is 0.416 e. The summed E-state index contributed by atoms with van der Waals surface area (Å²) in [6, 6.07) is 11.9. The summed E-state index contributed by atoms with van der Waals surface area (Å²) in [5.74, 6) is 0.0586. The molecule has 0 spiro atoms. The molecule has 0 atom stereocenters. The van der Waals surface area contributed by atoms with Crippen LogP contribution in [0.1, 0.15) is 26.3 Å². The molecule has 0 radical (unpaired) electrons. The molecule has 0 aliphatic carbocycles. The van der Waals surface area contributed by atoms with Gasteiger partial charge in [0.1, 0.15) is 22.9 Å². The first-order valence-corrected chi connectivity index (χ1v) is 11.5. The molecule has 9 nitrogen and oxygen atoms in total. The van der Waals surface area contributed by atoms with Gasteiger partial charge >= 0.3 is 18.3 Å². The maximum absolute atomic E-state index is 13.9. The molecule has 0 saturated carbocycles. The molecule has 13 heteroatoms. The predicted octanol–water partition coefficient (Wildman–Crippen LogP) is 7.50. The Bertz CT molecular complexity index is 1510. The lowest BCUT2D eigenvalue weighted by atomic mass is 10.2. The highest BCUT2D eigenvalue weighted by Crippen LogP contribution is 2.32. The molecule has 0 fully saturated rings. The molecule has 39 heavy (non-hydrogen) atoms. The van der Waals surface area contributed by atoms with E-state index >= 15 is 0 Å². The summed E-state index contributed by atoms with van der Waals surface area (Å²) >= 11 is 0. The molecule has 0 saturated heterocycles. The summed E-state index contributed by atoms with van der Waals surface area (Å²) in [5, 5.41) is 7.01. The van der Waals surface area contributed by atoms with Crippen LogP contribution >= 0.6 is 0 Å². The number of urea groups is 1. The summed E-state index contributed by atoms with van der Waals surface area (Å²) in [4.78, 5) is 31.4. The van der Waals surface area contributed by atoms with Crippen LogP contribution in [-0.4, -0.2) is 27.7 Å². The zero-order chi connectivity index (χ0) is 28.4. The number of imidazole rings is 1. The van der Waals surface area contributed by atoms with Crippen molar-refractivity contribution in [2.45, 2.75) is 32.5 Å². The third kappa shape index (κ3) is 7.37. The van der Waals surface area contributed by atoms with Crippen molar-refractivity contribution in [3.8, 4) is 11.5 Å². The number of nitrogens with zero attached hydrogens (tertiary/aromatic N) is 1. The number of aromatic amines is 1. The Morgan fingerprint density at radius 3 is 2.23 bits per heavy atom. The van der Waals surface area contributed by atoms with Crippen molar-refractivity contribution in [2.75, 3.05) is 16.0 Å². The van der Waals surface area contributed by atoms with E-state index in [-0.39, 0.29) is 11.6 Å². The number of anilines is 3. The van der Waals surface area contributed by atoms with E-state index in [2.05, 4.69) is 25.9 Å². The van der Waals surface area contributed by atoms with Gasteiger partial charge in [-0.2, -0.15) is 13.2 Å². The lowest BCUT2D eigenvalue weighted by molar-refractivity contribution is -0.137. The Morgan fingerprint density at radius 2 is 1.56 bits per heavy atom. The van der Waals surface area contributed by atoms with Crippen LogP contribution in [-0.2, 0) is 10.9 Å². The number of benzene rings is 3. The lowest BCUT2D eigenvalue weighted by Crippen LogP contribution is -2.27. The van der Waals surface area contributed by atoms with Crippen LogP contribution in [0.15, 0.2) is 60.7 Å². The predicted molar refractivity (Wildman–Crippen MR) is 137 cm³/mol. The van der Waals surface area contributed by atoms with Crippen molar-refractivity contribution in [3.05, 3.63) is 72.0 Å². The van der Waals surface area contributed by atoms with Crippen molar-refractivity contribution in [1.29, 1.82) is 0 Å². The van der Waals surface area contributed by atoms with Crippen LogP contribution in [0, 0.1) is 5.82 Å². The monoisotopic (exact) mass is 545 g/mol. The van der Waals surface area contributed by atoms with Crippen LogP contribution in [0.3, 0.4) is 0 Å². The first-order chi connectivity index (χ1) is 18.2. The second-order valence-electron chi connectivity index (χ2n) is 9.29. The quantitative estimate of drug-likeness (QED) is 0.194. The topological polar surface area (TPSA) is 117 Å². The number of carbonyl (C=O) groups is 2. The van der Waals surface area contributed by atoms with Gasteiger partial charge in [0.15, 0.2) is 0 Å². The SMILES string of the molecule is CC(C)(C)OC(=O)Nc1nc2ccc(Oc3ccc(NC(=O)Nc4cc(C(F)(F)F)ccc4F)cc3)cc2[nH]1. The van der Waals surface area contributed by atoms with Crippen LogP contribution in [0.25, 0.3) is 11.0 Å². The van der Waals surface area contributed by atoms with E-state index in [9.17, 15) is 27.2 Å². The van der Waals surface area contributed by atoms with Gasteiger partial charge in [0, 0.05) is 11.8 Å². The third-order valence-corrected chi connectivity index (χ3v) is 4.96. The molecule has 3 aromatic carbocycles. The molecule has 0 bridgehead atoms. The number of ether oxygens (including phenoxy) is 2. The van der Waals surface area contributed by atoms with E-state index in [0.717, 1.165) is 0 Å². The van der Waals surface area contributed by atoms with Gasteiger partial charge in [-0.3, -0.25) is 5.32 Å². The number of nitrogens with one attached hydrogen (secondary N) is 4. The lowest BCUT2D eigenvalue weighted by Gasteiger charge is -2.18. The normalized spacial score (nSPS) is 11.7. The van der Waals surface area contributed by atoms with Gasteiger partial charge < -0.3 is 25.1 Å². The number of aromatic nitrogens is 2. The summed E-state index contributed by atoms with van der Waals surface area (Å²) in [6.45, 7) is 5.23. The van der Waals surface area contributed by atoms with Gasteiger partial charge in [0.25, 0.3) is 0 Å². The molecule has 0 unspecified atom stereocenters. The fourth-order valence-corrected chi connectivity index (χ4v) is 3.34. The van der Waals surface area contributed by atoms with Crippen LogP contribution in [0.4, 0.5) is 44.5 Å². The molecular weight excluding hydrogens is 522 g/mol. The van der Waals surface area contributed by atoms with Gasteiger partial charge in [-0.25, -0.2) is 19.0 Å².